The van der Waals surface area contributed by atoms with E-state index in [1.54, 1.807) is 7.11 Å². The molecular weight excluding hydrogens is 438 g/mol. The third kappa shape index (κ3) is 5.04. The fraction of sp³-hybridized carbons (Fsp3) is 0.400. The lowest BCUT2D eigenvalue weighted by atomic mass is 9.71. The second-order valence-electron chi connectivity index (χ2n) is 9.51. The number of ketones is 1. The first-order chi connectivity index (χ1) is 16.9. The molecule has 2 aromatic carbocycles. The normalized spacial score (nSPS) is 20.8. The minimum Gasteiger partial charge on any atom is -0.497 e. The molecule has 1 aliphatic carbocycles. The number of esters is 1. The molecule has 1 aliphatic heterocycles. The minimum absolute atomic E-state index is 0.0733. The van der Waals surface area contributed by atoms with Crippen LogP contribution in [0.2, 0.25) is 0 Å². The van der Waals surface area contributed by atoms with Crippen molar-refractivity contribution in [3.8, 4) is 5.75 Å². The summed E-state index contributed by atoms with van der Waals surface area (Å²) in [5, 5.41) is 3.43. The smallest absolute Gasteiger partial charge is 0.337 e. The second-order valence-corrected chi connectivity index (χ2v) is 9.51. The Morgan fingerprint density at radius 2 is 1.69 bits per heavy atom. The summed E-state index contributed by atoms with van der Waals surface area (Å²) in [6.45, 7) is 7.91. The topological polar surface area (TPSA) is 64.6 Å². The lowest BCUT2D eigenvalue weighted by Gasteiger charge is -2.37. The summed E-state index contributed by atoms with van der Waals surface area (Å²) in [5.41, 5.74) is 6.16. The number of ether oxygens (including phenoxy) is 2. The zero-order chi connectivity index (χ0) is 25.1. The number of nitrogens with one attached hydrogen (secondary N) is 1. The summed E-state index contributed by atoms with van der Waals surface area (Å²) in [4.78, 5) is 27.0. The van der Waals surface area contributed by atoms with Crippen LogP contribution in [0, 0.1) is 0 Å². The van der Waals surface area contributed by atoms with E-state index in [9.17, 15) is 9.59 Å². The number of hydrogen-bond acceptors (Lipinski definition) is 5. The van der Waals surface area contributed by atoms with Gasteiger partial charge in [-0.25, -0.2) is 4.79 Å². The third-order valence-corrected chi connectivity index (χ3v) is 7.24. The molecule has 4 rings (SSSR count). The van der Waals surface area contributed by atoms with Crippen molar-refractivity contribution in [2.24, 2.45) is 0 Å². The van der Waals surface area contributed by atoms with E-state index < -0.39 is 5.92 Å². The molecule has 5 nitrogen and oxygen atoms in total. The average Bonchev–Trinajstić information content (AvgIpc) is 2.87. The van der Waals surface area contributed by atoms with Crippen molar-refractivity contribution in [2.75, 3.05) is 7.11 Å². The van der Waals surface area contributed by atoms with Gasteiger partial charge in [0.15, 0.2) is 5.78 Å². The lowest BCUT2D eigenvalue weighted by Crippen LogP contribution is -2.36. The van der Waals surface area contributed by atoms with Gasteiger partial charge in [-0.1, -0.05) is 50.2 Å². The van der Waals surface area contributed by atoms with E-state index in [0.29, 0.717) is 24.0 Å². The number of carbonyl (C=O) groups excluding carboxylic acids is 2. The monoisotopic (exact) mass is 473 g/mol. The maximum atomic E-state index is 13.7. The fourth-order valence-electron chi connectivity index (χ4n) is 5.03. The Morgan fingerprint density at radius 3 is 2.29 bits per heavy atom. The highest BCUT2D eigenvalue weighted by atomic mass is 16.5. The van der Waals surface area contributed by atoms with E-state index in [4.69, 9.17) is 9.47 Å². The number of allylic oxidation sites excluding steroid dienone is 3. The Labute approximate surface area is 208 Å². The number of aryl methyl sites for hydroxylation is 1. The van der Waals surface area contributed by atoms with Crippen molar-refractivity contribution >= 4 is 11.8 Å². The first-order valence-electron chi connectivity index (χ1n) is 12.5. The Balaban J connectivity index is 1.75. The standard InChI is InChI=1S/C30H35NO4/c1-6-18(3)35-30(33)27-19(4)31-25-16-23(21-12-14-24(34-5)15-13-21)17-26(32)29(25)28(27)22-10-8-20(7-2)9-11-22/h8-15,18,23,28,31H,6-7,16-17H2,1-5H3/t18-,23+,28-/m0/s1. The van der Waals surface area contributed by atoms with Crippen molar-refractivity contribution < 1.29 is 19.1 Å². The van der Waals surface area contributed by atoms with Crippen molar-refractivity contribution in [1.29, 1.82) is 0 Å². The van der Waals surface area contributed by atoms with E-state index in [1.165, 1.54) is 5.56 Å². The molecule has 2 aliphatic rings. The van der Waals surface area contributed by atoms with Gasteiger partial charge < -0.3 is 14.8 Å². The van der Waals surface area contributed by atoms with Crippen LogP contribution in [0.25, 0.3) is 0 Å². The van der Waals surface area contributed by atoms with E-state index >= 15 is 0 Å². The molecule has 0 spiro atoms. The zero-order valence-electron chi connectivity index (χ0n) is 21.3. The molecule has 0 saturated carbocycles. The van der Waals surface area contributed by atoms with Crippen LogP contribution in [-0.4, -0.2) is 25.0 Å². The van der Waals surface area contributed by atoms with Crippen LogP contribution in [0.15, 0.2) is 71.1 Å². The predicted molar refractivity (Wildman–Crippen MR) is 137 cm³/mol. The Kier molecular flexibility index (Phi) is 7.44. The molecule has 1 heterocycles. The molecule has 0 saturated heterocycles. The van der Waals surface area contributed by atoms with Crippen LogP contribution in [0.1, 0.15) is 75.5 Å². The fourth-order valence-corrected chi connectivity index (χ4v) is 5.03. The third-order valence-electron chi connectivity index (χ3n) is 7.24. The molecule has 1 N–H and O–H groups in total. The average molecular weight is 474 g/mol. The van der Waals surface area contributed by atoms with Crippen LogP contribution in [0.5, 0.6) is 5.75 Å². The quantitative estimate of drug-likeness (QED) is 0.503. The minimum atomic E-state index is -0.432. The predicted octanol–water partition coefficient (Wildman–Crippen LogP) is 5.96. The van der Waals surface area contributed by atoms with Crippen molar-refractivity contribution in [1.82, 2.24) is 5.32 Å². The van der Waals surface area contributed by atoms with Gasteiger partial charge >= 0.3 is 5.97 Å². The van der Waals surface area contributed by atoms with E-state index in [0.717, 1.165) is 41.1 Å². The number of carbonyl (C=O) groups is 2. The van der Waals surface area contributed by atoms with E-state index in [1.807, 2.05) is 57.2 Å². The van der Waals surface area contributed by atoms with Gasteiger partial charge in [-0.2, -0.15) is 0 Å². The highest BCUT2D eigenvalue weighted by molar-refractivity contribution is 6.04. The van der Waals surface area contributed by atoms with Crippen LogP contribution in [0.4, 0.5) is 0 Å². The van der Waals surface area contributed by atoms with Gasteiger partial charge in [-0.05, 0) is 67.9 Å². The van der Waals surface area contributed by atoms with Crippen LogP contribution in [-0.2, 0) is 20.7 Å². The SMILES string of the molecule is CCc1ccc([C@H]2C(C(=O)O[C@@H](C)CC)=C(C)NC3=C2C(=O)C[C@H](c2ccc(OC)cc2)C3)cc1. The van der Waals surface area contributed by atoms with Crippen molar-refractivity contribution in [3.05, 3.63) is 87.8 Å². The molecule has 0 bridgehead atoms. The molecule has 184 valence electrons. The van der Waals surface area contributed by atoms with Crippen LogP contribution >= 0.6 is 0 Å². The highest BCUT2D eigenvalue weighted by Crippen LogP contribution is 2.46. The van der Waals surface area contributed by atoms with Crippen LogP contribution < -0.4 is 10.1 Å². The van der Waals surface area contributed by atoms with Gasteiger partial charge in [0.2, 0.25) is 0 Å². The largest absolute Gasteiger partial charge is 0.497 e. The van der Waals surface area contributed by atoms with Gasteiger partial charge in [0, 0.05) is 29.3 Å². The summed E-state index contributed by atoms with van der Waals surface area (Å²) in [7, 11) is 1.65. The first-order valence-corrected chi connectivity index (χ1v) is 12.5. The number of dihydropyridines is 1. The molecule has 0 unspecified atom stereocenters. The number of benzene rings is 2. The van der Waals surface area contributed by atoms with Crippen LogP contribution in [0.3, 0.4) is 0 Å². The zero-order valence-corrected chi connectivity index (χ0v) is 21.3. The Bertz CT molecular complexity index is 1160. The molecule has 0 aromatic heterocycles. The molecule has 0 fully saturated rings. The second kappa shape index (κ2) is 10.5. The summed E-state index contributed by atoms with van der Waals surface area (Å²) >= 11 is 0. The molecule has 35 heavy (non-hydrogen) atoms. The summed E-state index contributed by atoms with van der Waals surface area (Å²) in [6.07, 6.45) is 2.59. The maximum Gasteiger partial charge on any atom is 0.337 e. The Hall–Kier alpha value is -3.34. The number of rotatable bonds is 7. The molecule has 5 heteroatoms. The molecule has 0 radical (unpaired) electrons. The number of methoxy groups -OCH3 is 1. The van der Waals surface area contributed by atoms with E-state index in [-0.39, 0.29) is 23.8 Å². The molecule has 2 aromatic rings. The first kappa shape index (κ1) is 24.8. The molecule has 0 amide bonds. The summed E-state index contributed by atoms with van der Waals surface area (Å²) in [6, 6.07) is 16.2. The van der Waals surface area contributed by atoms with Crippen molar-refractivity contribution in [2.45, 2.75) is 71.3 Å². The van der Waals surface area contributed by atoms with Gasteiger partial charge in [-0.3, -0.25) is 4.79 Å². The highest BCUT2D eigenvalue weighted by Gasteiger charge is 2.41. The van der Waals surface area contributed by atoms with Gasteiger partial charge in [0.25, 0.3) is 0 Å². The lowest BCUT2D eigenvalue weighted by molar-refractivity contribution is -0.144. The van der Waals surface area contributed by atoms with E-state index in [2.05, 4.69) is 24.4 Å². The molecular formula is C30H35NO4. The number of Topliss-reactive ketones (excluding diaryl/α,β-unsaturated/α-hetero) is 1. The van der Waals surface area contributed by atoms with Gasteiger partial charge in [0.05, 0.1) is 18.8 Å². The van der Waals surface area contributed by atoms with Gasteiger partial charge in [-0.15, -0.1) is 0 Å². The maximum absolute atomic E-state index is 13.7. The Morgan fingerprint density at radius 1 is 1.03 bits per heavy atom. The summed E-state index contributed by atoms with van der Waals surface area (Å²) < 4.78 is 11.0. The van der Waals surface area contributed by atoms with Crippen molar-refractivity contribution in [3.63, 3.8) is 0 Å². The molecule has 3 atom stereocenters. The number of hydrogen-bond donors (Lipinski definition) is 1. The van der Waals surface area contributed by atoms with Gasteiger partial charge in [0.1, 0.15) is 5.75 Å². The summed E-state index contributed by atoms with van der Waals surface area (Å²) in [5.74, 6) is 0.156.